The number of hydrogen-bond acceptors (Lipinski definition) is 7. The summed E-state index contributed by atoms with van der Waals surface area (Å²) >= 11 is 6.12. The van der Waals surface area contributed by atoms with Crippen LogP contribution in [0.2, 0.25) is 5.02 Å². The predicted octanol–water partition coefficient (Wildman–Crippen LogP) is 5.71. The maximum Gasteiger partial charge on any atom is 0.229 e. The highest BCUT2D eigenvalue weighted by Crippen LogP contribution is 2.30. The van der Waals surface area contributed by atoms with Crippen molar-refractivity contribution in [3.05, 3.63) is 59.2 Å². The summed E-state index contributed by atoms with van der Waals surface area (Å²) in [4.78, 5) is 15.0. The monoisotopic (exact) mass is 439 g/mol. The standard InChI is InChI=1S/C23H26ClN5O2/c1-16-15-25-23(28-22(16)26-18-9-10-20(24)21(14-18)30-2)27-17-7-6-8-19(13-17)31-29-11-4-3-5-12-29/h6-10,13-15H,3-5,11-12H2,1-2H3,(H2,25,26,27,28). The van der Waals surface area contributed by atoms with Crippen molar-refractivity contribution in [2.24, 2.45) is 0 Å². The van der Waals surface area contributed by atoms with Crippen LogP contribution >= 0.6 is 11.6 Å². The third-order valence-electron chi connectivity index (χ3n) is 5.03. The van der Waals surface area contributed by atoms with Gasteiger partial charge in [-0.2, -0.15) is 4.98 Å². The van der Waals surface area contributed by atoms with Crippen molar-refractivity contribution in [3.63, 3.8) is 0 Å². The molecule has 1 aliphatic heterocycles. The molecule has 0 aliphatic carbocycles. The number of hydroxylamine groups is 2. The largest absolute Gasteiger partial charge is 0.495 e. The second-order valence-corrected chi connectivity index (χ2v) is 7.84. The van der Waals surface area contributed by atoms with Crippen molar-refractivity contribution in [2.75, 3.05) is 30.8 Å². The lowest BCUT2D eigenvalue weighted by atomic mass is 10.2. The van der Waals surface area contributed by atoms with Crippen LogP contribution in [0.5, 0.6) is 11.5 Å². The Bertz CT molecular complexity index is 1040. The van der Waals surface area contributed by atoms with Gasteiger partial charge in [0.05, 0.1) is 12.1 Å². The number of nitrogens with zero attached hydrogens (tertiary/aromatic N) is 3. The van der Waals surface area contributed by atoms with E-state index in [1.807, 2.05) is 48.4 Å². The maximum absolute atomic E-state index is 6.12. The molecule has 2 heterocycles. The van der Waals surface area contributed by atoms with Crippen LogP contribution in [0.3, 0.4) is 0 Å². The van der Waals surface area contributed by atoms with Gasteiger partial charge in [-0.1, -0.05) is 24.1 Å². The van der Waals surface area contributed by atoms with Gasteiger partial charge in [0.25, 0.3) is 0 Å². The summed E-state index contributed by atoms with van der Waals surface area (Å²) in [5.41, 5.74) is 2.60. The van der Waals surface area contributed by atoms with E-state index < -0.39 is 0 Å². The van der Waals surface area contributed by atoms with E-state index in [1.54, 1.807) is 19.4 Å². The Morgan fingerprint density at radius 2 is 1.81 bits per heavy atom. The number of anilines is 4. The molecule has 1 saturated heterocycles. The highest BCUT2D eigenvalue weighted by atomic mass is 35.5. The molecule has 2 N–H and O–H groups in total. The van der Waals surface area contributed by atoms with Crippen molar-refractivity contribution in [2.45, 2.75) is 26.2 Å². The lowest BCUT2D eigenvalue weighted by Crippen LogP contribution is -2.32. The molecule has 0 radical (unpaired) electrons. The van der Waals surface area contributed by atoms with Gasteiger partial charge < -0.3 is 20.2 Å². The molecule has 3 aromatic rings. The highest BCUT2D eigenvalue weighted by Gasteiger charge is 2.12. The van der Waals surface area contributed by atoms with Gasteiger partial charge in [0, 0.05) is 48.4 Å². The molecule has 0 atom stereocenters. The first-order valence-electron chi connectivity index (χ1n) is 10.3. The number of aryl methyl sites for hydroxylation is 1. The van der Waals surface area contributed by atoms with E-state index in [0.29, 0.717) is 22.5 Å². The molecule has 31 heavy (non-hydrogen) atoms. The van der Waals surface area contributed by atoms with Crippen LogP contribution in [0.1, 0.15) is 24.8 Å². The zero-order valence-electron chi connectivity index (χ0n) is 17.7. The number of piperidine rings is 1. The summed E-state index contributed by atoms with van der Waals surface area (Å²) in [6.45, 7) is 3.87. The van der Waals surface area contributed by atoms with E-state index in [0.717, 1.165) is 35.8 Å². The number of rotatable bonds is 7. The minimum atomic E-state index is 0.490. The van der Waals surface area contributed by atoms with Crippen molar-refractivity contribution in [1.82, 2.24) is 15.0 Å². The first-order valence-corrected chi connectivity index (χ1v) is 10.7. The molecule has 162 valence electrons. The van der Waals surface area contributed by atoms with Gasteiger partial charge in [-0.25, -0.2) is 4.98 Å². The predicted molar refractivity (Wildman–Crippen MR) is 124 cm³/mol. The van der Waals surface area contributed by atoms with E-state index in [-0.39, 0.29) is 0 Å². The maximum atomic E-state index is 6.12. The fraction of sp³-hybridized carbons (Fsp3) is 0.304. The van der Waals surface area contributed by atoms with E-state index in [4.69, 9.17) is 21.2 Å². The Balaban J connectivity index is 1.47. The van der Waals surface area contributed by atoms with Crippen molar-refractivity contribution >= 4 is 34.7 Å². The van der Waals surface area contributed by atoms with Crippen LogP contribution in [0.25, 0.3) is 0 Å². The number of ether oxygens (including phenoxy) is 1. The quantitative estimate of drug-likeness (QED) is 0.488. The summed E-state index contributed by atoms with van der Waals surface area (Å²) in [7, 11) is 1.59. The Kier molecular flexibility index (Phi) is 6.74. The number of methoxy groups -OCH3 is 1. The molecule has 0 amide bonds. The molecule has 0 spiro atoms. The number of benzene rings is 2. The number of hydrogen-bond donors (Lipinski definition) is 2. The SMILES string of the molecule is COc1cc(Nc2nc(Nc3cccc(ON4CCCCC4)c3)ncc2C)ccc1Cl. The summed E-state index contributed by atoms with van der Waals surface area (Å²) in [5, 5.41) is 9.14. The Labute approximate surface area is 187 Å². The van der Waals surface area contributed by atoms with Gasteiger partial charge in [-0.3, -0.25) is 0 Å². The third-order valence-corrected chi connectivity index (χ3v) is 5.34. The van der Waals surface area contributed by atoms with E-state index in [2.05, 4.69) is 20.6 Å². The Morgan fingerprint density at radius 1 is 1.00 bits per heavy atom. The summed E-state index contributed by atoms with van der Waals surface area (Å²) < 4.78 is 5.29. The minimum Gasteiger partial charge on any atom is -0.495 e. The number of aromatic nitrogens is 2. The molecule has 8 heteroatoms. The molecule has 7 nitrogen and oxygen atoms in total. The first-order chi connectivity index (χ1) is 15.1. The zero-order valence-corrected chi connectivity index (χ0v) is 18.4. The van der Waals surface area contributed by atoms with Gasteiger partial charge in [0.1, 0.15) is 17.3 Å². The molecule has 1 fully saturated rings. The zero-order chi connectivity index (χ0) is 21.6. The summed E-state index contributed by atoms with van der Waals surface area (Å²) in [5.74, 6) is 2.58. The molecule has 1 aromatic heterocycles. The second kappa shape index (κ2) is 9.85. The van der Waals surface area contributed by atoms with Crippen LogP contribution < -0.4 is 20.2 Å². The third kappa shape index (κ3) is 5.57. The molecule has 4 rings (SSSR count). The van der Waals surface area contributed by atoms with Gasteiger partial charge >= 0.3 is 0 Å². The van der Waals surface area contributed by atoms with Crippen LogP contribution in [0.15, 0.2) is 48.7 Å². The fourth-order valence-electron chi connectivity index (χ4n) is 3.37. The van der Waals surface area contributed by atoms with Gasteiger partial charge in [0.2, 0.25) is 5.95 Å². The average molecular weight is 440 g/mol. The van der Waals surface area contributed by atoms with Crippen molar-refractivity contribution in [1.29, 1.82) is 0 Å². The summed E-state index contributed by atoms with van der Waals surface area (Å²) in [6, 6.07) is 13.3. The van der Waals surface area contributed by atoms with E-state index in [9.17, 15) is 0 Å². The Morgan fingerprint density at radius 3 is 2.61 bits per heavy atom. The Hall–Kier alpha value is -3.03. The normalized spacial score (nSPS) is 14.2. The summed E-state index contributed by atoms with van der Waals surface area (Å²) in [6.07, 6.45) is 5.39. The minimum absolute atomic E-state index is 0.490. The topological polar surface area (TPSA) is 71.5 Å². The van der Waals surface area contributed by atoms with Gasteiger partial charge in [0.15, 0.2) is 0 Å². The van der Waals surface area contributed by atoms with Crippen molar-refractivity contribution < 1.29 is 9.57 Å². The van der Waals surface area contributed by atoms with Crippen molar-refractivity contribution in [3.8, 4) is 11.5 Å². The smallest absolute Gasteiger partial charge is 0.229 e. The molecular weight excluding hydrogens is 414 g/mol. The molecule has 0 saturated carbocycles. The lowest BCUT2D eigenvalue weighted by molar-refractivity contribution is -0.0719. The van der Waals surface area contributed by atoms with Crippen LogP contribution in [-0.2, 0) is 0 Å². The molecular formula is C23H26ClN5O2. The second-order valence-electron chi connectivity index (χ2n) is 7.43. The van der Waals surface area contributed by atoms with Crippen LogP contribution in [0, 0.1) is 6.92 Å². The van der Waals surface area contributed by atoms with E-state index in [1.165, 1.54) is 19.3 Å². The molecule has 0 bridgehead atoms. The lowest BCUT2D eigenvalue weighted by Gasteiger charge is -2.26. The van der Waals surface area contributed by atoms with Crippen LogP contribution in [0.4, 0.5) is 23.1 Å². The molecule has 0 unspecified atom stereocenters. The number of nitrogens with one attached hydrogen (secondary N) is 2. The van der Waals surface area contributed by atoms with Gasteiger partial charge in [-0.05, 0) is 44.0 Å². The van der Waals surface area contributed by atoms with Gasteiger partial charge in [-0.15, -0.1) is 5.06 Å². The first kappa shape index (κ1) is 21.2. The van der Waals surface area contributed by atoms with Crippen LogP contribution in [-0.4, -0.2) is 35.2 Å². The van der Waals surface area contributed by atoms with E-state index >= 15 is 0 Å². The number of halogens is 1. The fourth-order valence-corrected chi connectivity index (χ4v) is 3.56. The molecule has 1 aliphatic rings. The highest BCUT2D eigenvalue weighted by molar-refractivity contribution is 6.32. The molecule has 2 aromatic carbocycles. The average Bonchev–Trinajstić information content (AvgIpc) is 2.78.